The average molecular weight is 307 g/mol. The molecule has 0 radical (unpaired) electrons. The number of nitrogens with one attached hydrogen (secondary N) is 1. The van der Waals surface area contributed by atoms with Crippen molar-refractivity contribution in [3.8, 4) is 5.82 Å². The van der Waals surface area contributed by atoms with Gasteiger partial charge < -0.3 is 5.32 Å². The first kappa shape index (κ1) is 11.9. The van der Waals surface area contributed by atoms with Crippen LogP contribution < -0.4 is 5.32 Å². The SMILES string of the molecule is CNCc1cc(Br)cnc1-n1ccc(C2CC2)n1. The maximum atomic E-state index is 4.63. The molecule has 0 aliphatic heterocycles. The van der Waals surface area contributed by atoms with E-state index in [1.807, 2.05) is 24.1 Å². The van der Waals surface area contributed by atoms with E-state index in [-0.39, 0.29) is 0 Å². The molecule has 5 heteroatoms. The van der Waals surface area contributed by atoms with Gasteiger partial charge in [0.1, 0.15) is 0 Å². The number of pyridine rings is 1. The average Bonchev–Trinajstić information content (AvgIpc) is 3.09. The molecular weight excluding hydrogens is 292 g/mol. The number of nitrogens with zero attached hydrogens (tertiary/aromatic N) is 3. The van der Waals surface area contributed by atoms with Gasteiger partial charge in [0.05, 0.1) is 5.69 Å². The topological polar surface area (TPSA) is 42.7 Å². The summed E-state index contributed by atoms with van der Waals surface area (Å²) >= 11 is 3.46. The third-order valence-electron chi connectivity index (χ3n) is 3.10. The molecular formula is C13H15BrN4. The van der Waals surface area contributed by atoms with Gasteiger partial charge in [-0.05, 0) is 48.0 Å². The Hall–Kier alpha value is -1.20. The predicted octanol–water partition coefficient (Wildman–Crippen LogP) is 2.63. The molecule has 4 nitrogen and oxygen atoms in total. The first-order chi connectivity index (χ1) is 8.78. The summed E-state index contributed by atoms with van der Waals surface area (Å²) in [6.07, 6.45) is 6.36. The molecule has 2 heterocycles. The normalized spacial score (nSPS) is 15.0. The zero-order chi connectivity index (χ0) is 12.5. The van der Waals surface area contributed by atoms with E-state index in [0.717, 1.165) is 22.4 Å². The molecule has 3 rings (SSSR count). The van der Waals surface area contributed by atoms with E-state index >= 15 is 0 Å². The van der Waals surface area contributed by atoms with Crippen molar-refractivity contribution in [3.63, 3.8) is 0 Å². The lowest BCUT2D eigenvalue weighted by Gasteiger charge is -2.08. The molecule has 0 aromatic carbocycles. The van der Waals surface area contributed by atoms with Crippen molar-refractivity contribution in [2.45, 2.75) is 25.3 Å². The molecule has 94 valence electrons. The standard InChI is InChI=1S/C13H15BrN4/c1-15-7-10-6-11(14)8-16-13(10)18-5-4-12(17-18)9-2-3-9/h4-6,8-9,15H,2-3,7H2,1H3. The van der Waals surface area contributed by atoms with E-state index in [0.29, 0.717) is 5.92 Å². The zero-order valence-corrected chi connectivity index (χ0v) is 11.8. The Morgan fingerprint density at radius 3 is 3.06 bits per heavy atom. The summed E-state index contributed by atoms with van der Waals surface area (Å²) in [7, 11) is 1.93. The Morgan fingerprint density at radius 2 is 2.33 bits per heavy atom. The quantitative estimate of drug-likeness (QED) is 0.944. The van der Waals surface area contributed by atoms with Crippen molar-refractivity contribution in [2.24, 2.45) is 0 Å². The molecule has 1 saturated carbocycles. The van der Waals surface area contributed by atoms with Crippen LogP contribution in [0, 0.1) is 0 Å². The summed E-state index contributed by atoms with van der Waals surface area (Å²) in [5.74, 6) is 1.58. The van der Waals surface area contributed by atoms with Crippen LogP contribution in [0.1, 0.15) is 30.0 Å². The second-order valence-electron chi connectivity index (χ2n) is 4.63. The van der Waals surface area contributed by atoms with E-state index in [1.165, 1.54) is 18.5 Å². The van der Waals surface area contributed by atoms with Crippen LogP contribution in [0.4, 0.5) is 0 Å². The minimum atomic E-state index is 0.675. The molecule has 2 aromatic rings. The fraction of sp³-hybridized carbons (Fsp3) is 0.385. The van der Waals surface area contributed by atoms with Gasteiger partial charge in [-0.15, -0.1) is 0 Å². The summed E-state index contributed by atoms with van der Waals surface area (Å²) in [5.41, 5.74) is 2.33. The van der Waals surface area contributed by atoms with Gasteiger partial charge in [0.15, 0.2) is 5.82 Å². The van der Waals surface area contributed by atoms with E-state index in [2.05, 4.69) is 43.5 Å². The zero-order valence-electron chi connectivity index (χ0n) is 10.2. The van der Waals surface area contributed by atoms with Crippen LogP contribution in [-0.2, 0) is 6.54 Å². The summed E-state index contributed by atoms with van der Waals surface area (Å²) in [6.45, 7) is 0.778. The first-order valence-corrected chi connectivity index (χ1v) is 6.92. The van der Waals surface area contributed by atoms with Gasteiger partial charge in [-0.3, -0.25) is 0 Å². The van der Waals surface area contributed by atoms with E-state index in [9.17, 15) is 0 Å². The lowest BCUT2D eigenvalue weighted by molar-refractivity contribution is 0.759. The van der Waals surface area contributed by atoms with Crippen LogP contribution in [0.15, 0.2) is 29.0 Å². The van der Waals surface area contributed by atoms with Gasteiger partial charge in [-0.1, -0.05) is 0 Å². The predicted molar refractivity (Wildman–Crippen MR) is 73.8 cm³/mol. The Balaban J connectivity index is 1.97. The minimum absolute atomic E-state index is 0.675. The smallest absolute Gasteiger partial charge is 0.157 e. The number of aromatic nitrogens is 3. The maximum Gasteiger partial charge on any atom is 0.157 e. The highest BCUT2D eigenvalue weighted by molar-refractivity contribution is 9.10. The molecule has 0 spiro atoms. The highest BCUT2D eigenvalue weighted by Crippen LogP contribution is 2.39. The van der Waals surface area contributed by atoms with Gasteiger partial charge >= 0.3 is 0 Å². The molecule has 0 unspecified atom stereocenters. The van der Waals surface area contributed by atoms with Crippen LogP contribution in [0.2, 0.25) is 0 Å². The molecule has 0 bridgehead atoms. The second kappa shape index (κ2) is 4.82. The number of hydrogen-bond donors (Lipinski definition) is 1. The third kappa shape index (κ3) is 2.33. The fourth-order valence-electron chi connectivity index (χ4n) is 2.05. The molecule has 18 heavy (non-hydrogen) atoms. The Morgan fingerprint density at radius 1 is 1.50 bits per heavy atom. The van der Waals surface area contributed by atoms with Crippen LogP contribution in [0.3, 0.4) is 0 Å². The molecule has 1 aliphatic rings. The third-order valence-corrected chi connectivity index (χ3v) is 3.53. The summed E-state index contributed by atoms with van der Waals surface area (Å²) < 4.78 is 2.87. The number of hydrogen-bond acceptors (Lipinski definition) is 3. The van der Waals surface area contributed by atoms with Gasteiger partial charge in [-0.25, -0.2) is 9.67 Å². The lowest BCUT2D eigenvalue weighted by atomic mass is 10.2. The monoisotopic (exact) mass is 306 g/mol. The Kier molecular flexibility index (Phi) is 3.18. The minimum Gasteiger partial charge on any atom is -0.316 e. The van der Waals surface area contributed by atoms with Crippen molar-refractivity contribution >= 4 is 15.9 Å². The van der Waals surface area contributed by atoms with Crippen molar-refractivity contribution in [2.75, 3.05) is 7.05 Å². The molecule has 0 amide bonds. The van der Waals surface area contributed by atoms with Crippen LogP contribution >= 0.6 is 15.9 Å². The van der Waals surface area contributed by atoms with E-state index in [1.54, 1.807) is 0 Å². The van der Waals surface area contributed by atoms with Gasteiger partial charge in [0.25, 0.3) is 0 Å². The highest BCUT2D eigenvalue weighted by Gasteiger charge is 2.26. The molecule has 0 atom stereocenters. The molecule has 1 N–H and O–H groups in total. The van der Waals surface area contributed by atoms with Gasteiger partial charge in [0.2, 0.25) is 0 Å². The van der Waals surface area contributed by atoms with Crippen molar-refractivity contribution < 1.29 is 0 Å². The van der Waals surface area contributed by atoms with Crippen LogP contribution in [0.5, 0.6) is 0 Å². The highest BCUT2D eigenvalue weighted by atomic mass is 79.9. The van der Waals surface area contributed by atoms with E-state index < -0.39 is 0 Å². The summed E-state index contributed by atoms with van der Waals surface area (Å²) in [6, 6.07) is 4.18. The Labute approximate surface area is 115 Å². The molecule has 2 aromatic heterocycles. The summed E-state index contributed by atoms with van der Waals surface area (Å²) in [4.78, 5) is 4.47. The Bertz CT molecular complexity index is 560. The molecule has 1 aliphatic carbocycles. The maximum absolute atomic E-state index is 4.63. The largest absolute Gasteiger partial charge is 0.316 e. The van der Waals surface area contributed by atoms with Gasteiger partial charge in [-0.2, -0.15) is 5.10 Å². The molecule has 0 saturated heterocycles. The first-order valence-electron chi connectivity index (χ1n) is 6.13. The van der Waals surface area contributed by atoms with Crippen molar-refractivity contribution in [1.82, 2.24) is 20.1 Å². The number of rotatable bonds is 4. The van der Waals surface area contributed by atoms with Crippen molar-refractivity contribution in [1.29, 1.82) is 0 Å². The molecule has 1 fully saturated rings. The fourth-order valence-corrected chi connectivity index (χ4v) is 2.43. The summed E-state index contributed by atoms with van der Waals surface area (Å²) in [5, 5.41) is 7.79. The van der Waals surface area contributed by atoms with Crippen LogP contribution in [-0.4, -0.2) is 21.8 Å². The van der Waals surface area contributed by atoms with Crippen LogP contribution in [0.25, 0.3) is 5.82 Å². The number of halogens is 1. The van der Waals surface area contributed by atoms with Gasteiger partial charge in [0, 0.05) is 34.9 Å². The lowest BCUT2D eigenvalue weighted by Crippen LogP contribution is -2.11. The second-order valence-corrected chi connectivity index (χ2v) is 5.54. The van der Waals surface area contributed by atoms with E-state index in [4.69, 9.17) is 0 Å². The van der Waals surface area contributed by atoms with Crippen molar-refractivity contribution in [3.05, 3.63) is 40.3 Å².